The molecular formula is CH15Ca3O9P. The summed E-state index contributed by atoms with van der Waals surface area (Å²) in [5.41, 5.74) is 0. The van der Waals surface area contributed by atoms with Crippen molar-refractivity contribution >= 4 is 127 Å². The topological polar surface area (TPSA) is 198 Å². The van der Waals surface area contributed by atoms with E-state index in [0.717, 1.165) is 0 Å². The maximum Gasteiger partial charge on any atom is 2.00 e. The maximum absolute atomic E-state index is 8.88. The van der Waals surface area contributed by atoms with Crippen molar-refractivity contribution < 1.29 is 53.8 Å². The zero-order chi connectivity index (χ0) is 8.08. The Morgan fingerprint density at radius 3 is 0.929 bits per heavy atom. The van der Waals surface area contributed by atoms with Crippen molar-refractivity contribution in [3.05, 3.63) is 0 Å². The Hall–Kier alpha value is 3.08. The summed E-state index contributed by atoms with van der Waals surface area (Å²) >= 11 is 0. The van der Waals surface area contributed by atoms with Crippen LogP contribution in [0.3, 0.4) is 0 Å². The monoisotopic (exact) mass is 322 g/mol. The zero-order valence-electron chi connectivity index (χ0n) is 13.1. The second-order valence-electron chi connectivity index (χ2n) is 0.796. The number of rotatable bonds is 0. The van der Waals surface area contributed by atoms with E-state index in [0.29, 0.717) is 0 Å². The van der Waals surface area contributed by atoms with E-state index in [2.05, 4.69) is 0 Å². The molecule has 0 amide bonds. The van der Waals surface area contributed by atoms with Crippen LogP contribution in [-0.2, 0) is 4.57 Å². The van der Waals surface area contributed by atoms with E-state index < -0.39 is 14.0 Å². The van der Waals surface area contributed by atoms with Gasteiger partial charge in [0.2, 0.25) is 0 Å². The molecule has 0 radical (unpaired) electrons. The van der Waals surface area contributed by atoms with Crippen LogP contribution in [0.1, 0.15) is 8.56 Å². The first-order chi connectivity index (χ1) is 3.73. The molecule has 9 nitrogen and oxygen atoms in total. The smallest absolute Gasteiger partial charge is 1.00 e. The van der Waals surface area contributed by atoms with Crippen molar-refractivity contribution in [2.24, 2.45) is 0 Å². The third-order valence-electron chi connectivity index (χ3n) is 0. The molecule has 0 unspecified atom stereocenters. The van der Waals surface area contributed by atoms with E-state index in [9.17, 15) is 0 Å². The Balaban J connectivity index is -0.00000000289. The van der Waals surface area contributed by atoms with Gasteiger partial charge in [-0.15, -0.1) is 0 Å². The van der Waals surface area contributed by atoms with Gasteiger partial charge in [-0.25, -0.2) is 9.36 Å². The second-order valence-corrected chi connectivity index (χ2v) is 1.82. The fourth-order valence-electron chi connectivity index (χ4n) is 0. The summed E-state index contributed by atoms with van der Waals surface area (Å²) in [6, 6.07) is 0. The molecule has 0 saturated heterocycles. The molecular weight excluding hydrogens is 307 g/mol. The van der Waals surface area contributed by atoms with Gasteiger partial charge in [-0.3, -0.25) is 0 Å². The van der Waals surface area contributed by atoms with Crippen LogP contribution in [0.25, 0.3) is 0 Å². The van der Waals surface area contributed by atoms with Crippen molar-refractivity contribution in [3.8, 4) is 0 Å². The van der Waals surface area contributed by atoms with E-state index in [1.54, 1.807) is 0 Å². The van der Waals surface area contributed by atoms with Gasteiger partial charge in [-0.2, -0.15) is 0 Å². The third-order valence-corrected chi connectivity index (χ3v) is 0. The molecule has 0 heterocycles. The SMILES string of the molecule is O.O.O=C(O)O.O=P(O)(O)O.[Ca+2].[Ca+2].[Ca+2].[H-].[H-].[H-].[H-].[H-].[H-]. The van der Waals surface area contributed by atoms with Gasteiger partial charge < -0.3 is 44.4 Å². The minimum Gasteiger partial charge on any atom is -1.00 e. The average Bonchev–Trinajstić information content (AvgIpc) is 1.19. The summed E-state index contributed by atoms with van der Waals surface area (Å²) < 4.78 is 8.88. The van der Waals surface area contributed by atoms with Crippen molar-refractivity contribution in [2.75, 3.05) is 0 Å². The molecule has 13 heteroatoms. The summed E-state index contributed by atoms with van der Waals surface area (Å²) in [4.78, 5) is 30.1. The minimum absolute atomic E-state index is 0. The van der Waals surface area contributed by atoms with Crippen LogP contribution in [-0.4, -0.2) is 155 Å². The standard InChI is InChI=1S/CH2O3.3Ca.H3O4P.2H2O.6H/c2-1(3)4;;;;1-5(2,3)4;;;;;;;;/h(H2,2,3,4);;;;(H3,1,2,3,4);2*1H2;;;;;;/q;3*+2;;;;6*-1. The molecule has 0 rings (SSSR count). The number of hydrogen-bond donors (Lipinski definition) is 5. The van der Waals surface area contributed by atoms with Crippen LogP contribution in [0.4, 0.5) is 4.79 Å². The molecule has 0 spiro atoms. The number of carboxylic acid groups (broad SMARTS) is 2. The van der Waals surface area contributed by atoms with E-state index >= 15 is 0 Å². The molecule has 0 bridgehead atoms. The van der Waals surface area contributed by atoms with Crippen LogP contribution in [0.2, 0.25) is 0 Å². The van der Waals surface area contributed by atoms with Crippen LogP contribution >= 0.6 is 7.82 Å². The van der Waals surface area contributed by atoms with Gasteiger partial charge in [0.1, 0.15) is 0 Å². The van der Waals surface area contributed by atoms with Gasteiger partial charge in [-0.1, -0.05) is 0 Å². The summed E-state index contributed by atoms with van der Waals surface area (Å²) in [6.45, 7) is 0. The Bertz CT molecular complexity index is 137. The Kier molecular flexibility index (Phi) is 77.8. The molecule has 0 fully saturated rings. The molecule has 0 atom stereocenters. The van der Waals surface area contributed by atoms with Crippen LogP contribution in [0.5, 0.6) is 0 Å². The molecule has 84 valence electrons. The number of hydrogen-bond acceptors (Lipinski definition) is 2. The normalized spacial score (nSPS) is 5.93. The molecule has 0 aromatic carbocycles. The molecule has 0 saturated carbocycles. The molecule has 9 N–H and O–H groups in total. The number of phosphoric acid groups is 1. The fourth-order valence-corrected chi connectivity index (χ4v) is 0. The summed E-state index contributed by atoms with van der Waals surface area (Å²) in [6.07, 6.45) is -1.83. The van der Waals surface area contributed by atoms with E-state index in [1.807, 2.05) is 0 Å². The van der Waals surface area contributed by atoms with Gasteiger partial charge in [0, 0.05) is 0 Å². The average molecular weight is 322 g/mol. The zero-order valence-corrected chi connectivity index (χ0v) is 14.6. The van der Waals surface area contributed by atoms with Gasteiger partial charge in [0.15, 0.2) is 0 Å². The van der Waals surface area contributed by atoms with Crippen molar-refractivity contribution in [1.29, 1.82) is 0 Å². The van der Waals surface area contributed by atoms with Gasteiger partial charge in [-0.05, 0) is 0 Å². The molecule has 0 aromatic rings. The summed E-state index contributed by atoms with van der Waals surface area (Å²) in [5, 5.41) is 13.9. The first-order valence-electron chi connectivity index (χ1n) is 1.43. The van der Waals surface area contributed by atoms with Gasteiger partial charge in [0.25, 0.3) is 0 Å². The predicted molar refractivity (Wildman–Crippen MR) is 56.1 cm³/mol. The quantitative estimate of drug-likeness (QED) is 0.234. The predicted octanol–water partition coefficient (Wildman–Crippen LogP) is -2.82. The Labute approximate surface area is 178 Å². The van der Waals surface area contributed by atoms with Crippen LogP contribution in [0, 0.1) is 0 Å². The van der Waals surface area contributed by atoms with Crippen molar-refractivity contribution in [3.63, 3.8) is 0 Å². The molecule has 14 heavy (non-hydrogen) atoms. The van der Waals surface area contributed by atoms with E-state index in [1.165, 1.54) is 0 Å². The molecule has 0 aromatic heterocycles. The first kappa shape index (κ1) is 43.5. The van der Waals surface area contributed by atoms with Crippen molar-refractivity contribution in [2.45, 2.75) is 0 Å². The molecule has 0 aliphatic rings. The van der Waals surface area contributed by atoms with Crippen LogP contribution < -0.4 is 0 Å². The largest absolute Gasteiger partial charge is 2.00 e. The minimum atomic E-state index is -4.64. The Morgan fingerprint density at radius 1 is 0.929 bits per heavy atom. The fraction of sp³-hybridized carbons (Fsp3) is 0. The number of carbonyl (C=O) groups is 1. The first-order valence-corrected chi connectivity index (χ1v) is 3.00. The van der Waals surface area contributed by atoms with E-state index in [4.69, 9.17) is 34.3 Å². The molecule has 0 aliphatic heterocycles. The maximum atomic E-state index is 8.88. The van der Waals surface area contributed by atoms with Gasteiger partial charge in [0.05, 0.1) is 0 Å². The van der Waals surface area contributed by atoms with Crippen molar-refractivity contribution in [1.82, 2.24) is 0 Å². The summed E-state index contributed by atoms with van der Waals surface area (Å²) in [5.74, 6) is 0. The van der Waals surface area contributed by atoms with Crippen LogP contribution in [0.15, 0.2) is 0 Å². The third kappa shape index (κ3) is 315. The van der Waals surface area contributed by atoms with E-state index in [-0.39, 0.29) is 133 Å². The molecule has 0 aliphatic carbocycles. The van der Waals surface area contributed by atoms with Gasteiger partial charge >= 0.3 is 127 Å². The summed E-state index contributed by atoms with van der Waals surface area (Å²) in [7, 11) is -4.64. The Morgan fingerprint density at radius 2 is 0.929 bits per heavy atom. The second kappa shape index (κ2) is 25.1.